The number of piperazine rings is 1. The molecular weight excluding hydrogens is 402 g/mol. The SMILES string of the molecule is CCN1CCN(S(=O)(=O)c2ccc(NC(=O)c3oc4ccccc4c3C)cc2)CC1. The number of furan rings is 1. The summed E-state index contributed by atoms with van der Waals surface area (Å²) in [4.78, 5) is 15.1. The first-order valence-corrected chi connectivity index (χ1v) is 11.5. The minimum absolute atomic E-state index is 0.227. The van der Waals surface area contributed by atoms with E-state index in [1.54, 1.807) is 12.1 Å². The average molecular weight is 428 g/mol. The fourth-order valence-corrected chi connectivity index (χ4v) is 5.15. The fourth-order valence-electron chi connectivity index (χ4n) is 3.72. The second-order valence-corrected chi connectivity index (χ2v) is 9.31. The molecule has 0 spiro atoms. The lowest BCUT2D eigenvalue weighted by Crippen LogP contribution is -2.48. The van der Waals surface area contributed by atoms with E-state index >= 15 is 0 Å². The van der Waals surface area contributed by atoms with Gasteiger partial charge in [0.1, 0.15) is 5.58 Å². The summed E-state index contributed by atoms with van der Waals surface area (Å²) in [6.07, 6.45) is 0. The smallest absolute Gasteiger partial charge is 0.291 e. The second kappa shape index (κ2) is 8.22. The van der Waals surface area contributed by atoms with Crippen molar-refractivity contribution < 1.29 is 17.6 Å². The largest absolute Gasteiger partial charge is 0.451 e. The summed E-state index contributed by atoms with van der Waals surface area (Å²) in [6.45, 7) is 7.28. The van der Waals surface area contributed by atoms with Gasteiger partial charge >= 0.3 is 0 Å². The van der Waals surface area contributed by atoms with E-state index in [4.69, 9.17) is 4.42 Å². The first-order chi connectivity index (χ1) is 14.4. The predicted octanol–water partition coefficient (Wildman–Crippen LogP) is 3.32. The van der Waals surface area contributed by atoms with Gasteiger partial charge in [-0.15, -0.1) is 0 Å². The van der Waals surface area contributed by atoms with Crippen molar-refractivity contribution in [1.82, 2.24) is 9.21 Å². The van der Waals surface area contributed by atoms with E-state index in [0.29, 0.717) is 24.4 Å². The van der Waals surface area contributed by atoms with Gasteiger partial charge in [0.25, 0.3) is 5.91 Å². The molecule has 0 atom stereocenters. The Bertz CT molecular complexity index is 1160. The van der Waals surface area contributed by atoms with Crippen LogP contribution in [-0.2, 0) is 10.0 Å². The van der Waals surface area contributed by atoms with Gasteiger partial charge < -0.3 is 14.6 Å². The van der Waals surface area contributed by atoms with Crippen LogP contribution in [0, 0.1) is 6.92 Å². The van der Waals surface area contributed by atoms with E-state index in [2.05, 4.69) is 17.1 Å². The molecule has 1 saturated heterocycles. The van der Waals surface area contributed by atoms with Crippen molar-refractivity contribution in [2.75, 3.05) is 38.0 Å². The van der Waals surface area contributed by atoms with Gasteiger partial charge in [-0.05, 0) is 43.8 Å². The molecule has 2 aromatic carbocycles. The van der Waals surface area contributed by atoms with Crippen LogP contribution in [0.5, 0.6) is 0 Å². The Morgan fingerprint density at radius 1 is 1.03 bits per heavy atom. The zero-order valence-electron chi connectivity index (χ0n) is 17.1. The van der Waals surface area contributed by atoms with E-state index in [9.17, 15) is 13.2 Å². The predicted molar refractivity (Wildman–Crippen MR) is 116 cm³/mol. The third kappa shape index (κ3) is 3.86. The molecule has 4 rings (SSSR count). The highest BCUT2D eigenvalue weighted by Gasteiger charge is 2.28. The van der Waals surface area contributed by atoms with Crippen molar-refractivity contribution in [2.45, 2.75) is 18.7 Å². The summed E-state index contributed by atoms with van der Waals surface area (Å²) in [5, 5.41) is 3.68. The molecule has 0 saturated carbocycles. The molecular formula is C22H25N3O4S. The first-order valence-electron chi connectivity index (χ1n) is 10.0. The Kier molecular flexibility index (Phi) is 5.64. The molecule has 3 aromatic rings. The molecule has 1 aromatic heterocycles. The molecule has 1 aliphatic rings. The summed E-state index contributed by atoms with van der Waals surface area (Å²) in [7, 11) is -3.54. The van der Waals surface area contributed by atoms with Crippen molar-refractivity contribution in [3.63, 3.8) is 0 Å². The van der Waals surface area contributed by atoms with Crippen LogP contribution in [0.3, 0.4) is 0 Å². The van der Waals surface area contributed by atoms with E-state index in [1.165, 1.54) is 16.4 Å². The zero-order chi connectivity index (χ0) is 21.3. The maximum absolute atomic E-state index is 12.9. The van der Waals surface area contributed by atoms with Crippen molar-refractivity contribution in [2.24, 2.45) is 0 Å². The van der Waals surface area contributed by atoms with Gasteiger partial charge in [0, 0.05) is 42.8 Å². The van der Waals surface area contributed by atoms with Gasteiger partial charge in [-0.1, -0.05) is 25.1 Å². The molecule has 2 heterocycles. The molecule has 1 N–H and O–H groups in total. The summed E-state index contributed by atoms with van der Waals surface area (Å²) in [5.41, 5.74) is 1.94. The maximum atomic E-state index is 12.9. The summed E-state index contributed by atoms with van der Waals surface area (Å²) < 4.78 is 33.0. The molecule has 158 valence electrons. The number of nitrogens with one attached hydrogen (secondary N) is 1. The molecule has 1 aliphatic heterocycles. The van der Waals surface area contributed by atoms with E-state index < -0.39 is 10.0 Å². The molecule has 30 heavy (non-hydrogen) atoms. The Labute approximate surface area is 176 Å². The van der Waals surface area contributed by atoms with Crippen LogP contribution < -0.4 is 5.32 Å². The molecule has 0 radical (unpaired) electrons. The number of amides is 1. The number of anilines is 1. The van der Waals surface area contributed by atoms with Crippen molar-refractivity contribution in [3.05, 3.63) is 59.9 Å². The normalized spacial score (nSPS) is 16.1. The quantitative estimate of drug-likeness (QED) is 0.675. The van der Waals surface area contributed by atoms with Crippen LogP contribution in [0.15, 0.2) is 57.8 Å². The number of benzene rings is 2. The zero-order valence-corrected chi connectivity index (χ0v) is 17.9. The van der Waals surface area contributed by atoms with Crippen LogP contribution in [0.1, 0.15) is 23.0 Å². The van der Waals surface area contributed by atoms with Crippen molar-refractivity contribution >= 4 is 32.6 Å². The number of fused-ring (bicyclic) bond motifs is 1. The fraction of sp³-hybridized carbons (Fsp3) is 0.318. The Morgan fingerprint density at radius 3 is 2.33 bits per heavy atom. The average Bonchev–Trinajstić information content (AvgIpc) is 3.11. The highest BCUT2D eigenvalue weighted by atomic mass is 32.2. The van der Waals surface area contributed by atoms with Gasteiger partial charge in [-0.3, -0.25) is 4.79 Å². The summed E-state index contributed by atoms with van der Waals surface area (Å²) in [5.74, 6) is -0.114. The molecule has 0 bridgehead atoms. The van der Waals surface area contributed by atoms with Gasteiger partial charge in [0.05, 0.1) is 4.90 Å². The van der Waals surface area contributed by atoms with Crippen LogP contribution >= 0.6 is 0 Å². The number of likely N-dealkylation sites (N-methyl/N-ethyl adjacent to an activating group) is 1. The third-order valence-electron chi connectivity index (χ3n) is 5.58. The molecule has 0 aliphatic carbocycles. The van der Waals surface area contributed by atoms with Gasteiger partial charge in [0.2, 0.25) is 10.0 Å². The first kappa shape index (κ1) is 20.6. The van der Waals surface area contributed by atoms with Crippen LogP contribution in [-0.4, -0.2) is 56.3 Å². The van der Waals surface area contributed by atoms with Gasteiger partial charge in [-0.25, -0.2) is 8.42 Å². The number of nitrogens with zero attached hydrogens (tertiary/aromatic N) is 2. The van der Waals surface area contributed by atoms with Crippen molar-refractivity contribution in [3.8, 4) is 0 Å². The number of hydrogen-bond acceptors (Lipinski definition) is 5. The molecule has 7 nitrogen and oxygen atoms in total. The summed E-state index contributed by atoms with van der Waals surface area (Å²) in [6, 6.07) is 13.7. The highest BCUT2D eigenvalue weighted by Crippen LogP contribution is 2.26. The minimum atomic E-state index is -3.54. The number of aryl methyl sites for hydroxylation is 1. The number of para-hydroxylation sites is 1. The molecule has 0 unspecified atom stereocenters. The van der Waals surface area contributed by atoms with Crippen LogP contribution in [0.25, 0.3) is 11.0 Å². The Balaban J connectivity index is 1.48. The molecule has 1 amide bonds. The molecule has 1 fully saturated rings. The number of carbonyl (C=O) groups is 1. The maximum Gasteiger partial charge on any atom is 0.291 e. The second-order valence-electron chi connectivity index (χ2n) is 7.37. The standard InChI is InChI=1S/C22H25N3O4S/c1-3-24-12-14-25(15-13-24)30(27,28)18-10-8-17(9-11-18)23-22(26)21-16(2)19-6-4-5-7-20(19)29-21/h4-11H,3,12-15H2,1-2H3,(H,23,26). The van der Waals surface area contributed by atoms with Crippen LogP contribution in [0.4, 0.5) is 5.69 Å². The lowest BCUT2D eigenvalue weighted by Gasteiger charge is -2.33. The topological polar surface area (TPSA) is 82.9 Å². The number of sulfonamides is 1. The Morgan fingerprint density at radius 2 is 1.70 bits per heavy atom. The summed E-state index contributed by atoms with van der Waals surface area (Å²) >= 11 is 0. The van der Waals surface area contributed by atoms with E-state index in [-0.39, 0.29) is 16.6 Å². The lowest BCUT2D eigenvalue weighted by molar-refractivity contribution is 0.0998. The third-order valence-corrected chi connectivity index (χ3v) is 7.49. The Hall–Kier alpha value is -2.68. The van der Waals surface area contributed by atoms with Crippen LogP contribution in [0.2, 0.25) is 0 Å². The van der Waals surface area contributed by atoms with Gasteiger partial charge in [0.15, 0.2) is 5.76 Å². The number of hydrogen-bond donors (Lipinski definition) is 1. The van der Waals surface area contributed by atoms with Gasteiger partial charge in [-0.2, -0.15) is 4.31 Å². The van der Waals surface area contributed by atoms with E-state index in [1.807, 2.05) is 31.2 Å². The monoisotopic (exact) mass is 427 g/mol. The highest BCUT2D eigenvalue weighted by molar-refractivity contribution is 7.89. The van der Waals surface area contributed by atoms with E-state index in [0.717, 1.165) is 30.6 Å². The minimum Gasteiger partial charge on any atom is -0.451 e. The number of carbonyl (C=O) groups excluding carboxylic acids is 1. The lowest BCUT2D eigenvalue weighted by atomic mass is 10.1. The molecule has 8 heteroatoms. The van der Waals surface area contributed by atoms with Crippen molar-refractivity contribution in [1.29, 1.82) is 0 Å². The number of rotatable bonds is 5.